The first-order valence-electron chi connectivity index (χ1n) is 19.7. The Morgan fingerprint density at radius 2 is 0.914 bits per heavy atom. The fraction of sp³-hybridized carbons (Fsp3) is 0.348. The lowest BCUT2D eigenvalue weighted by Crippen LogP contribution is -2.38. The van der Waals surface area contributed by atoms with Crippen LogP contribution >= 0.6 is 45.2 Å². The second-order valence-electron chi connectivity index (χ2n) is 14.6. The van der Waals surface area contributed by atoms with Gasteiger partial charge in [-0.05, 0) is 132 Å². The molecule has 4 aromatic carbocycles. The van der Waals surface area contributed by atoms with Gasteiger partial charge >= 0.3 is 0 Å². The minimum absolute atomic E-state index is 0.0569. The van der Waals surface area contributed by atoms with Crippen molar-refractivity contribution in [1.29, 1.82) is 0 Å². The van der Waals surface area contributed by atoms with Crippen LogP contribution in [-0.4, -0.2) is 110 Å². The molecule has 0 atom stereocenters. The third kappa shape index (κ3) is 9.47. The molecule has 304 valence electrons. The van der Waals surface area contributed by atoms with E-state index in [4.69, 9.17) is 18.9 Å². The Morgan fingerprint density at radius 1 is 0.552 bits per heavy atom. The van der Waals surface area contributed by atoms with E-state index in [1.54, 1.807) is 14.2 Å². The van der Waals surface area contributed by atoms with Crippen molar-refractivity contribution in [2.24, 2.45) is 0 Å². The highest BCUT2D eigenvalue weighted by atomic mass is 127. The summed E-state index contributed by atoms with van der Waals surface area (Å²) in [7, 11) is 3.26. The molecule has 12 heteroatoms. The van der Waals surface area contributed by atoms with Crippen LogP contribution in [0, 0.1) is 21.0 Å². The lowest BCUT2D eigenvalue weighted by atomic mass is 10.0. The number of aromatic nitrogens is 2. The van der Waals surface area contributed by atoms with E-state index in [0.717, 1.165) is 135 Å². The predicted molar refractivity (Wildman–Crippen MR) is 246 cm³/mol. The van der Waals surface area contributed by atoms with Crippen LogP contribution in [-0.2, 0) is 22.6 Å². The molecular formula is C46H50I2N4O6. The first-order valence-corrected chi connectivity index (χ1v) is 21.9. The van der Waals surface area contributed by atoms with E-state index in [0.29, 0.717) is 11.1 Å². The molecule has 2 fully saturated rings. The molecule has 2 aromatic heterocycles. The summed E-state index contributed by atoms with van der Waals surface area (Å²) in [6, 6.07) is 27.3. The lowest BCUT2D eigenvalue weighted by molar-refractivity contribution is 0.0364. The Labute approximate surface area is 367 Å². The third-order valence-electron chi connectivity index (χ3n) is 11.2. The van der Waals surface area contributed by atoms with Gasteiger partial charge in [-0.25, -0.2) is 0 Å². The number of fused-ring (bicyclic) bond motifs is 2. The number of morpholine rings is 2. The Morgan fingerprint density at radius 3 is 1.26 bits per heavy atom. The molecular weight excluding hydrogens is 958 g/mol. The Bertz CT molecular complexity index is 2210. The van der Waals surface area contributed by atoms with Crippen molar-refractivity contribution in [3.8, 4) is 11.5 Å². The van der Waals surface area contributed by atoms with Gasteiger partial charge in [0.15, 0.2) is 11.6 Å². The van der Waals surface area contributed by atoms with Gasteiger partial charge < -0.3 is 28.1 Å². The normalized spacial score (nSPS) is 15.0. The summed E-state index contributed by atoms with van der Waals surface area (Å²) in [5.74, 6) is 1.62. The van der Waals surface area contributed by atoms with Crippen LogP contribution in [0.3, 0.4) is 0 Å². The zero-order chi connectivity index (χ0) is 40.8. The first kappa shape index (κ1) is 42.3. The SMILES string of the molecule is COc1ccc(C(=O)c2c(C)n(CCN3CCOCC3)c3cc(I)ccc23)cc1.COc1ccc(C(=O)c2c(C)n(CCN3CCOCC3)c3cc(I)ccc23)cc1. The summed E-state index contributed by atoms with van der Waals surface area (Å²) in [6.07, 6.45) is 0. The monoisotopic (exact) mass is 1010 g/mol. The first-order chi connectivity index (χ1) is 28.2. The van der Waals surface area contributed by atoms with Crippen LogP contribution in [0.4, 0.5) is 0 Å². The van der Waals surface area contributed by atoms with Crippen LogP contribution in [0.25, 0.3) is 21.8 Å². The molecule has 4 heterocycles. The molecule has 0 amide bonds. The van der Waals surface area contributed by atoms with Crippen molar-refractivity contribution in [3.05, 3.63) is 126 Å². The number of carbonyl (C=O) groups is 2. The van der Waals surface area contributed by atoms with E-state index in [1.807, 2.05) is 48.5 Å². The number of rotatable bonds is 12. The number of ketones is 2. The largest absolute Gasteiger partial charge is 0.497 e. The maximum Gasteiger partial charge on any atom is 0.195 e. The van der Waals surface area contributed by atoms with Crippen LogP contribution in [0.1, 0.15) is 43.2 Å². The molecule has 2 saturated heterocycles. The number of hydrogen-bond acceptors (Lipinski definition) is 8. The molecule has 2 aliphatic rings. The predicted octanol–water partition coefficient (Wildman–Crippen LogP) is 8.25. The zero-order valence-corrected chi connectivity index (χ0v) is 37.9. The second-order valence-corrected chi connectivity index (χ2v) is 17.1. The van der Waals surface area contributed by atoms with Crippen LogP contribution in [0.15, 0.2) is 84.9 Å². The molecule has 58 heavy (non-hydrogen) atoms. The number of methoxy groups -OCH3 is 2. The minimum atomic E-state index is 0.0569. The molecule has 0 bridgehead atoms. The van der Waals surface area contributed by atoms with Gasteiger partial charge in [0.1, 0.15) is 11.5 Å². The van der Waals surface area contributed by atoms with Crippen molar-refractivity contribution in [2.45, 2.75) is 26.9 Å². The van der Waals surface area contributed by atoms with Crippen molar-refractivity contribution >= 4 is 78.6 Å². The number of hydrogen-bond donors (Lipinski definition) is 0. The lowest BCUT2D eigenvalue weighted by Gasteiger charge is -2.27. The van der Waals surface area contributed by atoms with E-state index in [2.05, 4.69) is 114 Å². The molecule has 0 unspecified atom stereocenters. The fourth-order valence-electron chi connectivity index (χ4n) is 7.96. The van der Waals surface area contributed by atoms with E-state index < -0.39 is 0 Å². The topological polar surface area (TPSA) is 87.4 Å². The van der Waals surface area contributed by atoms with Crippen molar-refractivity contribution in [1.82, 2.24) is 18.9 Å². The number of carbonyl (C=O) groups excluding carboxylic acids is 2. The highest BCUT2D eigenvalue weighted by molar-refractivity contribution is 14.1. The van der Waals surface area contributed by atoms with Gasteiger partial charge in [0.25, 0.3) is 0 Å². The molecule has 0 N–H and O–H groups in total. The Hall–Kier alpha value is -3.80. The van der Waals surface area contributed by atoms with E-state index in [9.17, 15) is 9.59 Å². The summed E-state index contributed by atoms with van der Waals surface area (Å²) in [5, 5.41) is 2.04. The van der Waals surface area contributed by atoms with Gasteiger partial charge in [0.05, 0.1) is 62.8 Å². The van der Waals surface area contributed by atoms with Crippen LogP contribution in [0.2, 0.25) is 0 Å². The summed E-state index contributed by atoms with van der Waals surface area (Å²) in [5.41, 5.74) is 7.25. The third-order valence-corrected chi connectivity index (χ3v) is 12.6. The standard InChI is InChI=1S/2C23H25IN2O3/c2*1-16-22(23(27)17-3-6-19(28-2)7-4-17)20-8-5-18(24)15-21(20)26(16)10-9-25-11-13-29-14-12-25/h2*3-8,15H,9-14H2,1-2H3. The van der Waals surface area contributed by atoms with Gasteiger partial charge in [-0.2, -0.15) is 0 Å². The average Bonchev–Trinajstić information content (AvgIpc) is 3.69. The van der Waals surface area contributed by atoms with E-state index in [1.165, 1.54) is 7.14 Å². The molecule has 8 rings (SSSR count). The maximum atomic E-state index is 13.4. The average molecular weight is 1010 g/mol. The highest BCUT2D eigenvalue weighted by Gasteiger charge is 2.24. The van der Waals surface area contributed by atoms with E-state index in [-0.39, 0.29) is 11.6 Å². The number of ether oxygens (including phenoxy) is 4. The van der Waals surface area contributed by atoms with Crippen molar-refractivity contribution in [2.75, 3.05) is 79.9 Å². The van der Waals surface area contributed by atoms with Gasteiger partial charge in [-0.3, -0.25) is 19.4 Å². The Balaban J connectivity index is 0.000000177. The number of nitrogens with zero attached hydrogens (tertiary/aromatic N) is 4. The summed E-state index contributed by atoms with van der Waals surface area (Å²) in [4.78, 5) is 31.7. The summed E-state index contributed by atoms with van der Waals surface area (Å²) >= 11 is 4.67. The molecule has 2 aliphatic heterocycles. The van der Waals surface area contributed by atoms with Crippen LogP contribution in [0.5, 0.6) is 11.5 Å². The number of halogens is 2. The molecule has 0 spiro atoms. The number of benzene rings is 4. The highest BCUT2D eigenvalue weighted by Crippen LogP contribution is 2.32. The minimum Gasteiger partial charge on any atom is -0.497 e. The molecule has 0 aliphatic carbocycles. The van der Waals surface area contributed by atoms with Crippen molar-refractivity contribution in [3.63, 3.8) is 0 Å². The van der Waals surface area contributed by atoms with Gasteiger partial charge in [0.2, 0.25) is 0 Å². The molecule has 6 aromatic rings. The van der Waals surface area contributed by atoms with Gasteiger partial charge in [0, 0.05) is 92.8 Å². The summed E-state index contributed by atoms with van der Waals surface area (Å²) < 4.78 is 28.3. The van der Waals surface area contributed by atoms with Crippen molar-refractivity contribution < 1.29 is 28.5 Å². The fourth-order valence-corrected chi connectivity index (χ4v) is 8.91. The Kier molecular flexibility index (Phi) is 14.2. The molecule has 0 saturated carbocycles. The quantitative estimate of drug-likeness (QED) is 0.0896. The van der Waals surface area contributed by atoms with Gasteiger partial charge in [-0.15, -0.1) is 0 Å². The summed E-state index contributed by atoms with van der Waals surface area (Å²) in [6.45, 7) is 14.8. The molecule has 0 radical (unpaired) electrons. The van der Waals surface area contributed by atoms with E-state index >= 15 is 0 Å². The second kappa shape index (κ2) is 19.5. The maximum absolute atomic E-state index is 13.4. The van der Waals surface area contributed by atoms with Gasteiger partial charge in [-0.1, -0.05) is 12.1 Å². The smallest absolute Gasteiger partial charge is 0.195 e. The van der Waals surface area contributed by atoms with Crippen LogP contribution < -0.4 is 9.47 Å². The zero-order valence-electron chi connectivity index (χ0n) is 33.6. The molecule has 10 nitrogen and oxygen atoms in total.